The summed E-state index contributed by atoms with van der Waals surface area (Å²) in [5.41, 5.74) is 5.28. The summed E-state index contributed by atoms with van der Waals surface area (Å²) in [4.78, 5) is 13.4. The van der Waals surface area contributed by atoms with Crippen LogP contribution in [0.4, 0.5) is 4.79 Å². The van der Waals surface area contributed by atoms with Crippen LogP contribution in [0.2, 0.25) is 0 Å². The molecule has 1 amide bonds. The van der Waals surface area contributed by atoms with Crippen molar-refractivity contribution in [3.05, 3.63) is 0 Å². The number of amides is 1. The number of carbonyl (C=O) groups excluding carboxylic acids is 1. The Morgan fingerprint density at radius 1 is 1.50 bits per heavy atom. The standard InChI is InChI=1S/C12H24N2O2/c1-5-9(6-13)10-7-14(8-10)11(15)16-12(2,3)4/h9-10H,5-8,13H2,1-4H3. The molecule has 0 aromatic heterocycles. The third kappa shape index (κ3) is 3.37. The lowest BCUT2D eigenvalue weighted by Gasteiger charge is -2.43. The first-order valence-electron chi connectivity index (χ1n) is 6.05. The van der Waals surface area contributed by atoms with E-state index < -0.39 is 5.60 Å². The molecule has 1 saturated heterocycles. The largest absolute Gasteiger partial charge is 0.444 e. The second kappa shape index (κ2) is 5.04. The van der Waals surface area contributed by atoms with Crippen LogP contribution >= 0.6 is 0 Å². The van der Waals surface area contributed by atoms with E-state index in [0.717, 1.165) is 19.5 Å². The number of ether oxygens (including phenoxy) is 1. The Morgan fingerprint density at radius 2 is 2.06 bits per heavy atom. The SMILES string of the molecule is CCC(CN)C1CN(C(=O)OC(C)(C)C)C1. The third-order valence-electron chi connectivity index (χ3n) is 3.06. The molecule has 1 rings (SSSR count). The van der Waals surface area contributed by atoms with Crippen molar-refractivity contribution in [1.82, 2.24) is 4.90 Å². The van der Waals surface area contributed by atoms with Crippen LogP contribution in [0.1, 0.15) is 34.1 Å². The fourth-order valence-corrected chi connectivity index (χ4v) is 1.98. The van der Waals surface area contributed by atoms with Crippen molar-refractivity contribution >= 4 is 6.09 Å². The van der Waals surface area contributed by atoms with Gasteiger partial charge in [0.2, 0.25) is 0 Å². The number of rotatable bonds is 3. The number of likely N-dealkylation sites (tertiary alicyclic amines) is 1. The molecular formula is C12H24N2O2. The summed E-state index contributed by atoms with van der Waals surface area (Å²) in [6, 6.07) is 0. The number of nitrogens with two attached hydrogens (primary N) is 1. The molecule has 0 spiro atoms. The second-order valence-corrected chi connectivity index (χ2v) is 5.55. The molecule has 0 radical (unpaired) electrons. The zero-order chi connectivity index (χ0) is 12.3. The number of carbonyl (C=O) groups is 1. The molecule has 0 aliphatic carbocycles. The van der Waals surface area contributed by atoms with Gasteiger partial charge in [-0.25, -0.2) is 4.79 Å². The summed E-state index contributed by atoms with van der Waals surface area (Å²) in [6.45, 7) is 10.1. The smallest absolute Gasteiger partial charge is 0.410 e. The molecule has 0 aromatic carbocycles. The Kier molecular flexibility index (Phi) is 4.19. The third-order valence-corrected chi connectivity index (χ3v) is 3.06. The van der Waals surface area contributed by atoms with Gasteiger partial charge in [-0.3, -0.25) is 0 Å². The number of hydrogen-bond acceptors (Lipinski definition) is 3. The first kappa shape index (κ1) is 13.3. The van der Waals surface area contributed by atoms with Gasteiger partial charge in [-0.1, -0.05) is 13.3 Å². The van der Waals surface area contributed by atoms with E-state index in [4.69, 9.17) is 10.5 Å². The van der Waals surface area contributed by atoms with Crippen LogP contribution < -0.4 is 5.73 Å². The minimum absolute atomic E-state index is 0.198. The predicted octanol–water partition coefficient (Wildman–Crippen LogP) is 1.84. The van der Waals surface area contributed by atoms with Crippen molar-refractivity contribution in [1.29, 1.82) is 0 Å². The topological polar surface area (TPSA) is 55.6 Å². The van der Waals surface area contributed by atoms with Crippen molar-refractivity contribution in [2.24, 2.45) is 17.6 Å². The highest BCUT2D eigenvalue weighted by Crippen LogP contribution is 2.27. The zero-order valence-corrected chi connectivity index (χ0v) is 10.8. The molecule has 1 heterocycles. The Labute approximate surface area is 98.1 Å². The molecule has 1 fully saturated rings. The molecule has 4 nitrogen and oxygen atoms in total. The van der Waals surface area contributed by atoms with Crippen LogP contribution in [0.5, 0.6) is 0 Å². The molecule has 94 valence electrons. The lowest BCUT2D eigenvalue weighted by atomic mass is 9.84. The summed E-state index contributed by atoms with van der Waals surface area (Å²) in [6.07, 6.45) is 0.888. The molecule has 1 aliphatic heterocycles. The van der Waals surface area contributed by atoms with Crippen molar-refractivity contribution in [2.75, 3.05) is 19.6 Å². The Morgan fingerprint density at radius 3 is 2.44 bits per heavy atom. The van der Waals surface area contributed by atoms with E-state index in [1.165, 1.54) is 0 Å². The maximum absolute atomic E-state index is 11.7. The summed E-state index contributed by atoms with van der Waals surface area (Å²) in [5.74, 6) is 1.10. The fraction of sp³-hybridized carbons (Fsp3) is 0.917. The molecule has 4 heteroatoms. The van der Waals surface area contributed by atoms with Gasteiger partial charge >= 0.3 is 6.09 Å². The molecule has 1 aliphatic rings. The van der Waals surface area contributed by atoms with Crippen molar-refractivity contribution < 1.29 is 9.53 Å². The van der Waals surface area contributed by atoms with Gasteiger partial charge in [0, 0.05) is 13.1 Å². The van der Waals surface area contributed by atoms with Crippen molar-refractivity contribution in [3.63, 3.8) is 0 Å². The fourth-order valence-electron chi connectivity index (χ4n) is 1.98. The van der Waals surface area contributed by atoms with E-state index in [1.807, 2.05) is 20.8 Å². The molecule has 16 heavy (non-hydrogen) atoms. The highest BCUT2D eigenvalue weighted by molar-refractivity contribution is 5.69. The number of nitrogens with zero attached hydrogens (tertiary/aromatic N) is 1. The Bertz CT molecular complexity index is 238. The van der Waals surface area contributed by atoms with Crippen LogP contribution in [0.3, 0.4) is 0 Å². The quantitative estimate of drug-likeness (QED) is 0.802. The Balaban J connectivity index is 2.33. The van der Waals surface area contributed by atoms with Crippen LogP contribution in [0.15, 0.2) is 0 Å². The summed E-state index contributed by atoms with van der Waals surface area (Å²) < 4.78 is 5.29. The van der Waals surface area contributed by atoms with Crippen LogP contribution in [-0.2, 0) is 4.74 Å². The molecule has 0 aromatic rings. The van der Waals surface area contributed by atoms with Crippen LogP contribution in [0, 0.1) is 11.8 Å². The van der Waals surface area contributed by atoms with Gasteiger partial charge in [-0.15, -0.1) is 0 Å². The average molecular weight is 228 g/mol. The molecule has 0 saturated carbocycles. The molecule has 0 bridgehead atoms. The summed E-state index contributed by atoms with van der Waals surface area (Å²) in [5, 5.41) is 0. The van der Waals surface area contributed by atoms with Crippen LogP contribution in [-0.4, -0.2) is 36.2 Å². The van der Waals surface area contributed by atoms with Gasteiger partial charge in [0.05, 0.1) is 0 Å². The van der Waals surface area contributed by atoms with Gasteiger partial charge in [-0.05, 0) is 39.2 Å². The monoisotopic (exact) mass is 228 g/mol. The average Bonchev–Trinajstić information content (AvgIpc) is 2.06. The zero-order valence-electron chi connectivity index (χ0n) is 10.8. The summed E-state index contributed by atoms with van der Waals surface area (Å²) >= 11 is 0. The predicted molar refractivity (Wildman–Crippen MR) is 64.1 cm³/mol. The molecule has 2 N–H and O–H groups in total. The maximum Gasteiger partial charge on any atom is 0.410 e. The van der Waals surface area contributed by atoms with Gasteiger partial charge in [0.1, 0.15) is 5.60 Å². The highest BCUT2D eigenvalue weighted by atomic mass is 16.6. The number of hydrogen-bond donors (Lipinski definition) is 1. The maximum atomic E-state index is 11.7. The van der Waals surface area contributed by atoms with Crippen LogP contribution in [0.25, 0.3) is 0 Å². The van der Waals surface area contributed by atoms with E-state index in [0.29, 0.717) is 18.4 Å². The van der Waals surface area contributed by atoms with E-state index in [2.05, 4.69) is 6.92 Å². The van der Waals surface area contributed by atoms with E-state index in [-0.39, 0.29) is 6.09 Å². The van der Waals surface area contributed by atoms with Gasteiger partial charge in [0.25, 0.3) is 0 Å². The Hall–Kier alpha value is -0.770. The van der Waals surface area contributed by atoms with E-state index in [9.17, 15) is 4.79 Å². The van der Waals surface area contributed by atoms with Gasteiger partial charge < -0.3 is 15.4 Å². The second-order valence-electron chi connectivity index (χ2n) is 5.55. The molecular weight excluding hydrogens is 204 g/mol. The first-order valence-corrected chi connectivity index (χ1v) is 6.05. The first-order chi connectivity index (χ1) is 7.37. The van der Waals surface area contributed by atoms with Crippen molar-refractivity contribution in [2.45, 2.75) is 39.7 Å². The minimum Gasteiger partial charge on any atom is -0.444 e. The van der Waals surface area contributed by atoms with E-state index in [1.54, 1.807) is 4.90 Å². The van der Waals surface area contributed by atoms with Gasteiger partial charge in [-0.2, -0.15) is 0 Å². The van der Waals surface area contributed by atoms with Crippen molar-refractivity contribution in [3.8, 4) is 0 Å². The normalized spacial score (nSPS) is 19.2. The minimum atomic E-state index is -0.403. The lowest BCUT2D eigenvalue weighted by molar-refractivity contribution is -0.0105. The van der Waals surface area contributed by atoms with E-state index >= 15 is 0 Å². The highest BCUT2D eigenvalue weighted by Gasteiger charge is 2.36. The lowest BCUT2D eigenvalue weighted by Crippen LogP contribution is -2.54. The van der Waals surface area contributed by atoms with Gasteiger partial charge in [0.15, 0.2) is 0 Å². The molecule has 1 unspecified atom stereocenters. The molecule has 1 atom stereocenters. The summed E-state index contributed by atoms with van der Waals surface area (Å²) in [7, 11) is 0.